The Morgan fingerprint density at radius 3 is 2.42 bits per heavy atom. The van der Waals surface area contributed by atoms with Gasteiger partial charge in [-0.2, -0.15) is 0 Å². The van der Waals surface area contributed by atoms with Crippen LogP contribution in [0.1, 0.15) is 29.8 Å². The van der Waals surface area contributed by atoms with Gasteiger partial charge in [0, 0.05) is 12.5 Å². The van der Waals surface area contributed by atoms with E-state index in [0.717, 1.165) is 17.2 Å². The number of ether oxygens (including phenoxy) is 1. The molecule has 0 unspecified atom stereocenters. The molecule has 0 amide bonds. The molecule has 0 radical (unpaired) electrons. The highest BCUT2D eigenvalue weighted by atomic mass is 16.5. The first kappa shape index (κ1) is 13.3. The molecular formula is C16H16O3. The normalized spacial score (nSPS) is 10.4. The maximum Gasteiger partial charge on any atom is 0.303 e. The smallest absolute Gasteiger partial charge is 0.303 e. The molecule has 0 saturated heterocycles. The minimum Gasteiger partial charge on any atom is -0.457 e. The average molecular weight is 256 g/mol. The van der Waals surface area contributed by atoms with E-state index < -0.39 is 5.97 Å². The van der Waals surface area contributed by atoms with Gasteiger partial charge in [-0.25, -0.2) is 0 Å². The third kappa shape index (κ3) is 2.81. The molecule has 0 aromatic heterocycles. The molecule has 0 spiro atoms. The molecule has 3 nitrogen and oxygen atoms in total. The maximum atomic E-state index is 12.1. The fourth-order valence-electron chi connectivity index (χ4n) is 2.17. The molecule has 0 heterocycles. The molecule has 3 heteroatoms. The fourth-order valence-corrected chi connectivity index (χ4v) is 2.17. The van der Waals surface area contributed by atoms with Crippen molar-refractivity contribution in [2.75, 3.05) is 6.61 Å². The lowest BCUT2D eigenvalue weighted by atomic mass is 9.97. The van der Waals surface area contributed by atoms with E-state index in [1.807, 2.05) is 24.3 Å². The van der Waals surface area contributed by atoms with Crippen molar-refractivity contribution in [1.82, 2.24) is 0 Å². The predicted octanol–water partition coefficient (Wildman–Crippen LogP) is 3.15. The minimum atomic E-state index is -0.442. The second kappa shape index (κ2) is 5.65. The van der Waals surface area contributed by atoms with Gasteiger partial charge in [-0.05, 0) is 22.8 Å². The Balaban J connectivity index is 2.44. The number of benzene rings is 2. The van der Waals surface area contributed by atoms with E-state index in [2.05, 4.69) is 13.0 Å². The van der Waals surface area contributed by atoms with Crippen LogP contribution in [-0.2, 0) is 16.0 Å². The van der Waals surface area contributed by atoms with E-state index in [1.54, 1.807) is 6.07 Å². The SMILES string of the molecule is CCc1cccc2c(C(=O)COC(C)=O)cccc12. The van der Waals surface area contributed by atoms with Crippen LogP contribution < -0.4 is 0 Å². The zero-order chi connectivity index (χ0) is 13.8. The standard InChI is InChI=1S/C16H16O3/c1-3-12-6-4-8-14-13(12)7-5-9-15(14)16(18)10-19-11(2)17/h4-9H,3,10H2,1-2H3. The van der Waals surface area contributed by atoms with Crippen LogP contribution >= 0.6 is 0 Å². The lowest BCUT2D eigenvalue weighted by Crippen LogP contribution is -2.12. The van der Waals surface area contributed by atoms with Crippen molar-refractivity contribution in [1.29, 1.82) is 0 Å². The summed E-state index contributed by atoms with van der Waals surface area (Å²) in [6.45, 7) is 3.18. The zero-order valence-corrected chi connectivity index (χ0v) is 11.1. The molecule has 98 valence electrons. The van der Waals surface area contributed by atoms with Crippen molar-refractivity contribution >= 4 is 22.5 Å². The molecule has 0 aliphatic rings. The molecule has 0 fully saturated rings. The molecule has 0 bridgehead atoms. The zero-order valence-electron chi connectivity index (χ0n) is 11.1. The highest BCUT2D eigenvalue weighted by Crippen LogP contribution is 2.23. The number of carbonyl (C=O) groups is 2. The van der Waals surface area contributed by atoms with Gasteiger partial charge in [-0.3, -0.25) is 9.59 Å². The van der Waals surface area contributed by atoms with E-state index in [1.165, 1.54) is 12.5 Å². The molecule has 2 rings (SSSR count). The van der Waals surface area contributed by atoms with Gasteiger partial charge >= 0.3 is 5.97 Å². The van der Waals surface area contributed by atoms with Crippen LogP contribution in [-0.4, -0.2) is 18.4 Å². The number of esters is 1. The molecule has 0 N–H and O–H groups in total. The quantitative estimate of drug-likeness (QED) is 0.623. The van der Waals surface area contributed by atoms with Gasteiger partial charge in [0.1, 0.15) is 0 Å². The van der Waals surface area contributed by atoms with Crippen molar-refractivity contribution in [3.8, 4) is 0 Å². The van der Waals surface area contributed by atoms with Gasteiger partial charge in [0.2, 0.25) is 5.78 Å². The monoisotopic (exact) mass is 256 g/mol. The van der Waals surface area contributed by atoms with E-state index in [-0.39, 0.29) is 12.4 Å². The van der Waals surface area contributed by atoms with Crippen molar-refractivity contribution < 1.29 is 14.3 Å². The number of rotatable bonds is 4. The van der Waals surface area contributed by atoms with Gasteiger partial charge < -0.3 is 4.74 Å². The Morgan fingerprint density at radius 1 is 1.05 bits per heavy atom. The fraction of sp³-hybridized carbons (Fsp3) is 0.250. The topological polar surface area (TPSA) is 43.4 Å². The molecule has 2 aromatic rings. The second-order valence-corrected chi connectivity index (χ2v) is 4.37. The molecule has 2 aromatic carbocycles. The summed E-state index contributed by atoms with van der Waals surface area (Å²) in [5.74, 6) is -0.614. The molecule has 0 atom stereocenters. The van der Waals surface area contributed by atoms with Gasteiger partial charge in [-0.15, -0.1) is 0 Å². The lowest BCUT2D eigenvalue weighted by Gasteiger charge is -2.09. The highest BCUT2D eigenvalue weighted by Gasteiger charge is 2.12. The Bertz CT molecular complexity index is 629. The first-order valence-corrected chi connectivity index (χ1v) is 6.30. The maximum absolute atomic E-state index is 12.1. The molecule has 0 saturated carbocycles. The van der Waals surface area contributed by atoms with E-state index in [9.17, 15) is 9.59 Å². The summed E-state index contributed by atoms with van der Waals surface area (Å²) in [6, 6.07) is 11.6. The third-order valence-electron chi connectivity index (χ3n) is 3.10. The summed E-state index contributed by atoms with van der Waals surface area (Å²) < 4.78 is 4.78. The summed E-state index contributed by atoms with van der Waals surface area (Å²) in [5, 5.41) is 2.00. The first-order valence-electron chi connectivity index (χ1n) is 6.30. The second-order valence-electron chi connectivity index (χ2n) is 4.37. The van der Waals surface area contributed by atoms with E-state index in [4.69, 9.17) is 4.74 Å². The highest BCUT2D eigenvalue weighted by molar-refractivity contribution is 6.09. The van der Waals surface area contributed by atoms with Gasteiger partial charge in [0.15, 0.2) is 6.61 Å². The average Bonchev–Trinajstić information content (AvgIpc) is 2.43. The number of hydrogen-bond acceptors (Lipinski definition) is 3. The summed E-state index contributed by atoms with van der Waals surface area (Å²) >= 11 is 0. The van der Waals surface area contributed by atoms with Crippen molar-refractivity contribution in [3.63, 3.8) is 0 Å². The molecule has 0 aliphatic heterocycles. The number of ketones is 1. The first-order chi connectivity index (χ1) is 9.13. The van der Waals surface area contributed by atoms with Gasteiger partial charge in [0.25, 0.3) is 0 Å². The number of hydrogen-bond donors (Lipinski definition) is 0. The Morgan fingerprint density at radius 2 is 1.74 bits per heavy atom. The van der Waals surface area contributed by atoms with Crippen LogP contribution in [0.15, 0.2) is 36.4 Å². The third-order valence-corrected chi connectivity index (χ3v) is 3.10. The number of aryl methyl sites for hydroxylation is 1. The summed E-state index contributed by atoms with van der Waals surface area (Å²) in [7, 11) is 0. The Hall–Kier alpha value is -2.16. The van der Waals surface area contributed by atoms with Gasteiger partial charge in [0.05, 0.1) is 0 Å². The summed E-state index contributed by atoms with van der Waals surface area (Å²) in [4.78, 5) is 22.9. The molecule has 0 aliphatic carbocycles. The van der Waals surface area contributed by atoms with Crippen LogP contribution in [0.4, 0.5) is 0 Å². The van der Waals surface area contributed by atoms with Crippen LogP contribution in [0, 0.1) is 0 Å². The van der Waals surface area contributed by atoms with Gasteiger partial charge in [-0.1, -0.05) is 43.3 Å². The predicted molar refractivity (Wildman–Crippen MR) is 74.3 cm³/mol. The molecular weight excluding hydrogens is 240 g/mol. The van der Waals surface area contributed by atoms with Crippen LogP contribution in [0.25, 0.3) is 10.8 Å². The van der Waals surface area contributed by atoms with Crippen LogP contribution in [0.3, 0.4) is 0 Å². The van der Waals surface area contributed by atoms with Crippen LogP contribution in [0.2, 0.25) is 0 Å². The Labute approximate surface area is 112 Å². The summed E-state index contributed by atoms with van der Waals surface area (Å²) in [6.07, 6.45) is 0.916. The van der Waals surface area contributed by atoms with Crippen molar-refractivity contribution in [2.24, 2.45) is 0 Å². The number of carbonyl (C=O) groups excluding carboxylic acids is 2. The van der Waals surface area contributed by atoms with Crippen molar-refractivity contribution in [2.45, 2.75) is 20.3 Å². The van der Waals surface area contributed by atoms with Crippen molar-refractivity contribution in [3.05, 3.63) is 47.5 Å². The lowest BCUT2D eigenvalue weighted by molar-refractivity contribution is -0.139. The van der Waals surface area contributed by atoms with E-state index in [0.29, 0.717) is 5.56 Å². The summed E-state index contributed by atoms with van der Waals surface area (Å²) in [5.41, 5.74) is 1.81. The number of Topliss-reactive ketones (excluding diaryl/α,β-unsaturated/α-hetero) is 1. The largest absolute Gasteiger partial charge is 0.457 e. The van der Waals surface area contributed by atoms with Crippen LogP contribution in [0.5, 0.6) is 0 Å². The van der Waals surface area contributed by atoms with E-state index >= 15 is 0 Å². The molecule has 19 heavy (non-hydrogen) atoms. The Kier molecular flexibility index (Phi) is 3.95. The minimum absolute atomic E-state index is 0.172. The number of fused-ring (bicyclic) bond motifs is 1.